The number of halogens is 1. The molecule has 1 aliphatic rings. The molecule has 150 valence electrons. The highest BCUT2D eigenvalue weighted by atomic mass is 32.2. The first kappa shape index (κ1) is 20.2. The maximum absolute atomic E-state index is 13.1. The number of nitrogens with zero attached hydrogens (tertiary/aromatic N) is 1. The van der Waals surface area contributed by atoms with E-state index in [4.69, 9.17) is 9.47 Å². The van der Waals surface area contributed by atoms with Crippen molar-refractivity contribution in [3.8, 4) is 5.75 Å². The van der Waals surface area contributed by atoms with Gasteiger partial charge < -0.3 is 14.8 Å². The Kier molecular flexibility index (Phi) is 6.28. The Morgan fingerprint density at radius 1 is 1.18 bits per heavy atom. The molecule has 1 N–H and O–H groups in total. The van der Waals surface area contributed by atoms with Crippen LogP contribution in [0.1, 0.15) is 17.3 Å². The summed E-state index contributed by atoms with van der Waals surface area (Å²) in [5.41, 5.74) is 0.468. The molecule has 1 amide bonds. The summed E-state index contributed by atoms with van der Waals surface area (Å²) in [5.74, 6) is -0.606. The van der Waals surface area contributed by atoms with Gasteiger partial charge in [-0.2, -0.15) is 4.31 Å². The van der Waals surface area contributed by atoms with E-state index < -0.39 is 21.7 Å². The first-order valence-electron chi connectivity index (χ1n) is 8.83. The lowest BCUT2D eigenvalue weighted by molar-refractivity contribution is 0.0730. The molecule has 0 radical (unpaired) electrons. The zero-order chi connectivity index (χ0) is 20.1. The summed E-state index contributed by atoms with van der Waals surface area (Å²) in [5, 5.41) is 2.65. The number of benzene rings is 2. The molecule has 1 heterocycles. The minimum absolute atomic E-state index is 0.0484. The fraction of sp³-hybridized carbons (Fsp3) is 0.316. The monoisotopic (exact) mass is 408 g/mol. The number of carbonyl (C=O) groups is 1. The van der Waals surface area contributed by atoms with Gasteiger partial charge >= 0.3 is 0 Å². The van der Waals surface area contributed by atoms with Crippen LogP contribution in [0.25, 0.3) is 0 Å². The number of rotatable bonds is 6. The molecular weight excluding hydrogens is 387 g/mol. The van der Waals surface area contributed by atoms with E-state index in [1.54, 1.807) is 6.92 Å². The van der Waals surface area contributed by atoms with Crippen LogP contribution in [0.5, 0.6) is 5.75 Å². The Morgan fingerprint density at radius 3 is 2.50 bits per heavy atom. The second-order valence-corrected chi connectivity index (χ2v) is 8.01. The number of carbonyl (C=O) groups excluding carboxylic acids is 1. The molecule has 1 saturated heterocycles. The maximum Gasteiger partial charge on any atom is 0.255 e. The number of ether oxygens (including phenoxy) is 2. The Hall–Kier alpha value is -2.49. The molecule has 0 aromatic heterocycles. The summed E-state index contributed by atoms with van der Waals surface area (Å²) in [6, 6.07) is 9.38. The van der Waals surface area contributed by atoms with Gasteiger partial charge in [-0.15, -0.1) is 0 Å². The molecule has 7 nitrogen and oxygen atoms in total. The van der Waals surface area contributed by atoms with Gasteiger partial charge in [0.2, 0.25) is 10.0 Å². The number of anilines is 1. The van der Waals surface area contributed by atoms with Crippen molar-refractivity contribution in [2.75, 3.05) is 38.2 Å². The van der Waals surface area contributed by atoms with Crippen molar-refractivity contribution in [3.63, 3.8) is 0 Å². The van der Waals surface area contributed by atoms with E-state index in [-0.39, 0.29) is 29.2 Å². The van der Waals surface area contributed by atoms with E-state index in [1.165, 1.54) is 46.8 Å². The van der Waals surface area contributed by atoms with Crippen molar-refractivity contribution in [3.05, 3.63) is 53.8 Å². The molecular formula is C19H21FN2O5S. The Balaban J connectivity index is 1.91. The second kappa shape index (κ2) is 8.68. The van der Waals surface area contributed by atoms with Crippen molar-refractivity contribution in [1.82, 2.24) is 4.31 Å². The first-order valence-corrected chi connectivity index (χ1v) is 10.3. The minimum Gasteiger partial charge on any atom is -0.492 e. The predicted molar refractivity (Wildman–Crippen MR) is 102 cm³/mol. The average molecular weight is 408 g/mol. The molecule has 28 heavy (non-hydrogen) atoms. The molecule has 1 fully saturated rings. The molecule has 0 spiro atoms. The number of sulfonamides is 1. The molecule has 1 aliphatic heterocycles. The fourth-order valence-electron chi connectivity index (χ4n) is 2.78. The number of amides is 1. The van der Waals surface area contributed by atoms with E-state index >= 15 is 0 Å². The molecule has 3 rings (SSSR count). The lowest BCUT2D eigenvalue weighted by Crippen LogP contribution is -2.40. The largest absolute Gasteiger partial charge is 0.492 e. The third-order valence-corrected chi connectivity index (χ3v) is 6.11. The average Bonchev–Trinajstić information content (AvgIpc) is 2.70. The van der Waals surface area contributed by atoms with Gasteiger partial charge in [0.25, 0.3) is 5.91 Å². The summed E-state index contributed by atoms with van der Waals surface area (Å²) in [6.07, 6.45) is 0. The van der Waals surface area contributed by atoms with Gasteiger partial charge in [0.15, 0.2) is 0 Å². The number of nitrogens with one attached hydrogen (secondary N) is 1. The van der Waals surface area contributed by atoms with Crippen LogP contribution in [-0.4, -0.2) is 51.5 Å². The van der Waals surface area contributed by atoms with Crippen molar-refractivity contribution in [2.45, 2.75) is 11.8 Å². The molecule has 0 atom stereocenters. The standard InChI is InChI=1S/C19H21FN2O5S/c1-2-27-18-8-7-16(28(24,25)22-9-11-26-12-10-22)13-17(18)21-19(23)14-3-5-15(20)6-4-14/h3-8,13H,2,9-12H2,1H3,(H,21,23). The van der Waals surface area contributed by atoms with Crippen LogP contribution in [0.4, 0.5) is 10.1 Å². The van der Waals surface area contributed by atoms with Gasteiger partial charge in [-0.3, -0.25) is 4.79 Å². The second-order valence-electron chi connectivity index (χ2n) is 6.07. The van der Waals surface area contributed by atoms with Crippen LogP contribution < -0.4 is 10.1 Å². The van der Waals surface area contributed by atoms with E-state index in [1.807, 2.05) is 0 Å². The van der Waals surface area contributed by atoms with Gasteiger partial charge in [0.1, 0.15) is 11.6 Å². The van der Waals surface area contributed by atoms with Gasteiger partial charge in [-0.25, -0.2) is 12.8 Å². The van der Waals surface area contributed by atoms with Crippen LogP contribution in [0.2, 0.25) is 0 Å². The summed E-state index contributed by atoms with van der Waals surface area (Å²) >= 11 is 0. The molecule has 2 aromatic carbocycles. The number of hydrogen-bond acceptors (Lipinski definition) is 5. The lowest BCUT2D eigenvalue weighted by atomic mass is 10.2. The van der Waals surface area contributed by atoms with Gasteiger partial charge in [0.05, 0.1) is 30.4 Å². The molecule has 0 aliphatic carbocycles. The van der Waals surface area contributed by atoms with E-state index in [9.17, 15) is 17.6 Å². The van der Waals surface area contributed by atoms with E-state index in [2.05, 4.69) is 5.32 Å². The first-order chi connectivity index (χ1) is 13.4. The predicted octanol–water partition coefficient (Wildman–Crippen LogP) is 2.50. The van der Waals surface area contributed by atoms with E-state index in [0.29, 0.717) is 25.6 Å². The highest BCUT2D eigenvalue weighted by Crippen LogP contribution is 2.30. The highest BCUT2D eigenvalue weighted by molar-refractivity contribution is 7.89. The summed E-state index contributed by atoms with van der Waals surface area (Å²) in [4.78, 5) is 12.5. The van der Waals surface area contributed by atoms with Crippen molar-refractivity contribution in [2.24, 2.45) is 0 Å². The zero-order valence-electron chi connectivity index (χ0n) is 15.4. The fourth-order valence-corrected chi connectivity index (χ4v) is 4.22. The highest BCUT2D eigenvalue weighted by Gasteiger charge is 2.27. The summed E-state index contributed by atoms with van der Waals surface area (Å²) in [6.45, 7) is 3.34. The van der Waals surface area contributed by atoms with Gasteiger partial charge in [0, 0.05) is 18.7 Å². The topological polar surface area (TPSA) is 84.9 Å². The molecule has 0 unspecified atom stereocenters. The minimum atomic E-state index is -3.73. The number of hydrogen-bond donors (Lipinski definition) is 1. The lowest BCUT2D eigenvalue weighted by Gasteiger charge is -2.26. The third kappa shape index (κ3) is 4.49. The Morgan fingerprint density at radius 2 is 1.86 bits per heavy atom. The molecule has 0 saturated carbocycles. The molecule has 2 aromatic rings. The smallest absolute Gasteiger partial charge is 0.255 e. The SMILES string of the molecule is CCOc1ccc(S(=O)(=O)N2CCOCC2)cc1NC(=O)c1ccc(F)cc1. The Labute approximate surface area is 163 Å². The van der Waals surface area contributed by atoms with E-state index in [0.717, 1.165) is 0 Å². The molecule has 0 bridgehead atoms. The third-order valence-electron chi connectivity index (χ3n) is 4.21. The van der Waals surface area contributed by atoms with Crippen LogP contribution in [0.15, 0.2) is 47.4 Å². The van der Waals surface area contributed by atoms with Crippen LogP contribution in [-0.2, 0) is 14.8 Å². The molecule has 9 heteroatoms. The summed E-state index contributed by atoms with van der Waals surface area (Å²) < 4.78 is 50.9. The van der Waals surface area contributed by atoms with Crippen molar-refractivity contribution in [1.29, 1.82) is 0 Å². The van der Waals surface area contributed by atoms with Gasteiger partial charge in [-0.1, -0.05) is 0 Å². The normalized spacial score (nSPS) is 15.2. The van der Waals surface area contributed by atoms with Crippen molar-refractivity contribution >= 4 is 21.6 Å². The zero-order valence-corrected chi connectivity index (χ0v) is 16.2. The number of morpholine rings is 1. The maximum atomic E-state index is 13.1. The van der Waals surface area contributed by atoms with Crippen molar-refractivity contribution < 1.29 is 27.1 Å². The van der Waals surface area contributed by atoms with Crippen LogP contribution >= 0.6 is 0 Å². The van der Waals surface area contributed by atoms with Crippen LogP contribution in [0, 0.1) is 5.82 Å². The summed E-state index contributed by atoms with van der Waals surface area (Å²) in [7, 11) is -3.73. The quantitative estimate of drug-likeness (QED) is 0.794. The van der Waals surface area contributed by atoms with Gasteiger partial charge in [-0.05, 0) is 49.4 Å². The Bertz CT molecular complexity index is 941. The van der Waals surface area contributed by atoms with Crippen LogP contribution in [0.3, 0.4) is 0 Å².